The zero-order valence-electron chi connectivity index (χ0n) is 14.0. The van der Waals surface area contributed by atoms with Crippen molar-refractivity contribution in [2.24, 2.45) is 5.41 Å². The first-order valence-corrected chi connectivity index (χ1v) is 9.57. The van der Waals surface area contributed by atoms with Crippen LogP contribution in [0.2, 0.25) is 0 Å². The summed E-state index contributed by atoms with van der Waals surface area (Å²) in [5.41, 5.74) is 0.710. The first-order valence-electron chi connectivity index (χ1n) is 7.30. The summed E-state index contributed by atoms with van der Waals surface area (Å²) < 4.78 is 33.6. The van der Waals surface area contributed by atoms with Crippen LogP contribution in [0, 0.1) is 5.41 Å². The molecule has 1 N–H and O–H groups in total. The molecule has 0 aliphatic carbocycles. The Morgan fingerprint density at radius 3 is 2.54 bits per heavy atom. The molecule has 8 heteroatoms. The van der Waals surface area contributed by atoms with Crippen molar-refractivity contribution in [3.05, 3.63) is 40.6 Å². The molecular formula is C16H20BrN3O3S. The smallest absolute Gasteiger partial charge is 0.263 e. The van der Waals surface area contributed by atoms with Crippen LogP contribution in [0.5, 0.6) is 5.88 Å². The first kappa shape index (κ1) is 18.7. The molecule has 0 aliphatic heterocycles. The first-order chi connectivity index (χ1) is 11.1. The number of sulfonamides is 1. The van der Waals surface area contributed by atoms with Crippen LogP contribution < -0.4 is 9.46 Å². The summed E-state index contributed by atoms with van der Waals surface area (Å²) in [6.45, 7) is 6.19. The molecule has 0 saturated heterocycles. The number of methoxy groups -OCH3 is 1. The van der Waals surface area contributed by atoms with Crippen LogP contribution in [-0.2, 0) is 16.4 Å². The van der Waals surface area contributed by atoms with Gasteiger partial charge in [0.25, 0.3) is 15.9 Å². The second-order valence-corrected chi connectivity index (χ2v) is 8.96. The average Bonchev–Trinajstić information content (AvgIpc) is 2.47. The molecule has 0 atom stereocenters. The monoisotopic (exact) mass is 413 g/mol. The summed E-state index contributed by atoms with van der Waals surface area (Å²) in [5.74, 6) is 0.146. The molecule has 0 spiro atoms. The van der Waals surface area contributed by atoms with Crippen LogP contribution in [0.4, 0.5) is 5.82 Å². The molecular weight excluding hydrogens is 394 g/mol. The summed E-state index contributed by atoms with van der Waals surface area (Å²) in [4.78, 5) is 8.32. The van der Waals surface area contributed by atoms with Gasteiger partial charge in [-0.1, -0.05) is 39.0 Å². The lowest BCUT2D eigenvalue weighted by Gasteiger charge is -2.20. The van der Waals surface area contributed by atoms with Crippen molar-refractivity contribution in [3.63, 3.8) is 0 Å². The minimum absolute atomic E-state index is 0.0409. The number of nitrogens with zero attached hydrogens (tertiary/aromatic N) is 2. The largest absolute Gasteiger partial charge is 0.478 e. The molecule has 0 bridgehead atoms. The SMILES string of the molecule is COc1nc(Br)cnc1NS(=O)(=O)c1ccccc1CC(C)(C)C. The van der Waals surface area contributed by atoms with Crippen molar-refractivity contribution in [3.8, 4) is 5.88 Å². The van der Waals surface area contributed by atoms with E-state index in [0.717, 1.165) is 5.56 Å². The lowest BCUT2D eigenvalue weighted by Crippen LogP contribution is -2.19. The summed E-state index contributed by atoms with van der Waals surface area (Å²) in [6.07, 6.45) is 2.04. The van der Waals surface area contributed by atoms with Crippen LogP contribution in [0.1, 0.15) is 26.3 Å². The van der Waals surface area contributed by atoms with Crippen LogP contribution in [0.15, 0.2) is 40.0 Å². The van der Waals surface area contributed by atoms with Crippen LogP contribution in [-0.4, -0.2) is 25.5 Å². The highest BCUT2D eigenvalue weighted by Gasteiger charge is 2.23. The molecule has 1 heterocycles. The maximum Gasteiger partial charge on any atom is 0.263 e. The Morgan fingerprint density at radius 1 is 1.25 bits per heavy atom. The van der Waals surface area contributed by atoms with E-state index in [4.69, 9.17) is 4.74 Å². The fraction of sp³-hybridized carbons (Fsp3) is 0.375. The number of anilines is 1. The van der Waals surface area contributed by atoms with Gasteiger partial charge in [0, 0.05) is 0 Å². The van der Waals surface area contributed by atoms with Crippen molar-refractivity contribution in [2.45, 2.75) is 32.1 Å². The van der Waals surface area contributed by atoms with Crippen molar-refractivity contribution in [1.29, 1.82) is 0 Å². The Balaban J connectivity index is 2.42. The molecule has 0 amide bonds. The van der Waals surface area contributed by atoms with Gasteiger partial charge in [0.2, 0.25) is 5.82 Å². The van der Waals surface area contributed by atoms with E-state index >= 15 is 0 Å². The van der Waals surface area contributed by atoms with Crippen molar-refractivity contribution in [2.75, 3.05) is 11.8 Å². The van der Waals surface area contributed by atoms with E-state index in [-0.39, 0.29) is 22.0 Å². The van der Waals surface area contributed by atoms with Crippen LogP contribution >= 0.6 is 15.9 Å². The van der Waals surface area contributed by atoms with Gasteiger partial charge in [-0.05, 0) is 39.4 Å². The number of aromatic nitrogens is 2. The molecule has 0 fully saturated rings. The molecule has 0 aliphatic rings. The van der Waals surface area contributed by atoms with Crippen molar-refractivity contribution < 1.29 is 13.2 Å². The maximum absolute atomic E-state index is 12.8. The van der Waals surface area contributed by atoms with Gasteiger partial charge in [0.15, 0.2) is 0 Å². The Morgan fingerprint density at radius 2 is 1.92 bits per heavy atom. The van der Waals surface area contributed by atoms with Gasteiger partial charge < -0.3 is 4.74 Å². The van der Waals surface area contributed by atoms with Crippen molar-refractivity contribution >= 4 is 31.8 Å². The Kier molecular flexibility index (Phi) is 5.49. The highest BCUT2D eigenvalue weighted by Crippen LogP contribution is 2.28. The summed E-state index contributed by atoms with van der Waals surface area (Å²) in [6, 6.07) is 6.94. The molecule has 6 nitrogen and oxygen atoms in total. The highest BCUT2D eigenvalue weighted by atomic mass is 79.9. The molecule has 0 radical (unpaired) electrons. The van der Waals surface area contributed by atoms with Gasteiger partial charge in [0.1, 0.15) is 4.60 Å². The van der Waals surface area contributed by atoms with E-state index in [9.17, 15) is 8.42 Å². The molecule has 0 saturated carbocycles. The molecule has 130 valence electrons. The van der Waals surface area contributed by atoms with Gasteiger partial charge in [-0.2, -0.15) is 0 Å². The number of halogens is 1. The molecule has 1 aromatic carbocycles. The van der Waals surface area contributed by atoms with E-state index in [1.54, 1.807) is 12.1 Å². The van der Waals surface area contributed by atoms with Gasteiger partial charge in [-0.25, -0.2) is 18.4 Å². The van der Waals surface area contributed by atoms with E-state index in [0.29, 0.717) is 11.0 Å². The molecule has 0 unspecified atom stereocenters. The van der Waals surface area contributed by atoms with E-state index in [1.165, 1.54) is 13.3 Å². The zero-order valence-corrected chi connectivity index (χ0v) is 16.4. The number of hydrogen-bond donors (Lipinski definition) is 1. The van der Waals surface area contributed by atoms with E-state index < -0.39 is 10.0 Å². The number of hydrogen-bond acceptors (Lipinski definition) is 5. The summed E-state index contributed by atoms with van der Waals surface area (Å²) in [5, 5.41) is 0. The van der Waals surface area contributed by atoms with Gasteiger partial charge >= 0.3 is 0 Å². The Labute approximate surface area is 150 Å². The van der Waals surface area contributed by atoms with E-state index in [1.807, 2.05) is 12.1 Å². The van der Waals surface area contributed by atoms with Gasteiger partial charge in [-0.15, -0.1) is 0 Å². The molecule has 1 aromatic heterocycles. The Hall–Kier alpha value is -1.67. The lowest BCUT2D eigenvalue weighted by atomic mass is 9.88. The predicted molar refractivity (Wildman–Crippen MR) is 96.7 cm³/mol. The van der Waals surface area contributed by atoms with Crippen LogP contribution in [0.25, 0.3) is 0 Å². The third-order valence-corrected chi connectivity index (χ3v) is 4.94. The minimum atomic E-state index is -3.81. The number of ether oxygens (including phenoxy) is 1. The number of rotatable bonds is 5. The average molecular weight is 414 g/mol. The fourth-order valence-electron chi connectivity index (χ4n) is 2.23. The molecule has 2 rings (SSSR count). The minimum Gasteiger partial charge on any atom is -0.478 e. The normalized spacial score (nSPS) is 12.0. The fourth-order valence-corrected chi connectivity index (χ4v) is 3.74. The number of nitrogens with one attached hydrogen (secondary N) is 1. The number of benzene rings is 1. The predicted octanol–water partition coefficient (Wildman–Crippen LogP) is 3.64. The van der Waals surface area contributed by atoms with Gasteiger partial charge in [0.05, 0.1) is 18.2 Å². The quantitative estimate of drug-likeness (QED) is 0.808. The molecule has 2 aromatic rings. The summed E-state index contributed by atoms with van der Waals surface area (Å²) in [7, 11) is -2.41. The standard InChI is InChI=1S/C16H20BrN3O3S/c1-16(2,3)9-11-7-5-6-8-12(11)24(21,22)20-14-15(23-4)19-13(17)10-18-14/h5-8,10H,9H2,1-4H3,(H,18,20). The third-order valence-electron chi connectivity index (χ3n) is 3.12. The Bertz CT molecular complexity index is 833. The van der Waals surface area contributed by atoms with Crippen LogP contribution in [0.3, 0.4) is 0 Å². The lowest BCUT2D eigenvalue weighted by molar-refractivity contribution is 0.397. The highest BCUT2D eigenvalue weighted by molar-refractivity contribution is 9.10. The van der Waals surface area contributed by atoms with E-state index in [2.05, 4.69) is 51.4 Å². The summed E-state index contributed by atoms with van der Waals surface area (Å²) >= 11 is 3.18. The second kappa shape index (κ2) is 7.06. The third kappa shape index (κ3) is 4.67. The zero-order chi connectivity index (χ0) is 18.0. The second-order valence-electron chi connectivity index (χ2n) is 6.50. The maximum atomic E-state index is 12.8. The molecule has 24 heavy (non-hydrogen) atoms. The van der Waals surface area contributed by atoms with Crippen molar-refractivity contribution in [1.82, 2.24) is 9.97 Å². The topological polar surface area (TPSA) is 81.2 Å². The van der Waals surface area contributed by atoms with Gasteiger partial charge in [-0.3, -0.25) is 4.72 Å².